The Hall–Kier alpha value is -1.59. The van der Waals surface area contributed by atoms with E-state index in [0.29, 0.717) is 0 Å². The molecule has 2 N–H and O–H groups in total. The number of piperidine rings is 1. The minimum atomic E-state index is -0.221. The van der Waals surface area contributed by atoms with Crippen LogP contribution in [-0.4, -0.2) is 44.3 Å². The summed E-state index contributed by atoms with van der Waals surface area (Å²) in [7, 11) is 0. The van der Waals surface area contributed by atoms with Crippen molar-refractivity contribution in [3.8, 4) is 0 Å². The normalized spacial score (nSPS) is 16.1. The lowest BCUT2D eigenvalue weighted by atomic mass is 10.1. The molecule has 1 amide bonds. The molecule has 1 aliphatic rings. The first-order chi connectivity index (χ1) is 12.1. The Labute approximate surface area is 152 Å². The lowest BCUT2D eigenvalue weighted by molar-refractivity contribution is -0.117. The molecule has 25 heavy (non-hydrogen) atoms. The number of hydrogen-bond acceptors (Lipinski definition) is 4. The lowest BCUT2D eigenvalue weighted by Gasteiger charge is -2.28. The van der Waals surface area contributed by atoms with Gasteiger partial charge >= 0.3 is 0 Å². The summed E-state index contributed by atoms with van der Waals surface area (Å²) in [6, 6.07) is 7.96. The van der Waals surface area contributed by atoms with Gasteiger partial charge in [0.1, 0.15) is 0 Å². The molecule has 0 aromatic heterocycles. The topological polar surface area (TPSA) is 53.6 Å². The van der Waals surface area contributed by atoms with E-state index in [1.54, 1.807) is 0 Å². The summed E-state index contributed by atoms with van der Waals surface area (Å²) in [6.07, 6.45) is 5.03. The quantitative estimate of drug-likeness (QED) is 0.672. The van der Waals surface area contributed by atoms with Gasteiger partial charge in [-0.15, -0.1) is 0 Å². The third kappa shape index (κ3) is 7.04. The molecule has 0 unspecified atom stereocenters. The molecule has 0 saturated carbocycles. The third-order valence-corrected chi connectivity index (χ3v) is 4.47. The van der Waals surface area contributed by atoms with Gasteiger partial charge in [0.15, 0.2) is 0 Å². The first kappa shape index (κ1) is 19.7. The van der Waals surface area contributed by atoms with E-state index in [2.05, 4.69) is 27.7 Å². The van der Waals surface area contributed by atoms with Crippen LogP contribution in [-0.2, 0) is 9.53 Å². The van der Waals surface area contributed by atoms with Crippen LogP contribution in [0.1, 0.15) is 46.5 Å². The number of amides is 1. The first-order valence-electron chi connectivity index (χ1n) is 9.57. The number of benzene rings is 1. The van der Waals surface area contributed by atoms with Gasteiger partial charge in [0, 0.05) is 31.1 Å². The van der Waals surface area contributed by atoms with Gasteiger partial charge in [0.25, 0.3) is 0 Å². The molecule has 5 nitrogen and oxygen atoms in total. The Morgan fingerprint density at radius 2 is 1.80 bits per heavy atom. The average Bonchev–Trinajstić information content (AvgIpc) is 2.62. The molecule has 0 bridgehead atoms. The Morgan fingerprint density at radius 1 is 1.12 bits per heavy atom. The zero-order chi connectivity index (χ0) is 18.1. The van der Waals surface area contributed by atoms with Gasteiger partial charge in [-0.3, -0.25) is 4.79 Å². The summed E-state index contributed by atoms with van der Waals surface area (Å²) in [6.45, 7) is 9.70. The van der Waals surface area contributed by atoms with E-state index < -0.39 is 0 Å². The zero-order valence-electron chi connectivity index (χ0n) is 15.9. The van der Waals surface area contributed by atoms with Crippen molar-refractivity contribution in [2.24, 2.45) is 0 Å². The Bertz CT molecular complexity index is 510. The van der Waals surface area contributed by atoms with E-state index >= 15 is 0 Å². The van der Waals surface area contributed by atoms with Gasteiger partial charge in [-0.1, -0.05) is 0 Å². The molecular formula is C20H33N3O2. The Morgan fingerprint density at radius 3 is 2.44 bits per heavy atom. The number of rotatable bonds is 9. The van der Waals surface area contributed by atoms with Crippen molar-refractivity contribution in [1.82, 2.24) is 5.32 Å². The molecule has 0 aliphatic carbocycles. The molecule has 1 aromatic carbocycles. The van der Waals surface area contributed by atoms with E-state index in [0.717, 1.165) is 38.3 Å². The molecule has 1 aliphatic heterocycles. The molecule has 0 spiro atoms. The maximum atomic E-state index is 12.3. The number of ether oxygens (including phenoxy) is 1. The van der Waals surface area contributed by atoms with E-state index in [1.807, 2.05) is 32.9 Å². The monoisotopic (exact) mass is 347 g/mol. The lowest BCUT2D eigenvalue weighted by Crippen LogP contribution is -2.38. The van der Waals surface area contributed by atoms with Crippen LogP contribution >= 0.6 is 0 Å². The zero-order valence-corrected chi connectivity index (χ0v) is 15.9. The maximum Gasteiger partial charge on any atom is 0.241 e. The highest BCUT2D eigenvalue weighted by atomic mass is 16.5. The molecule has 1 atom stereocenters. The van der Waals surface area contributed by atoms with Gasteiger partial charge in [-0.05, 0) is 77.3 Å². The number of nitrogens with one attached hydrogen (secondary N) is 2. The highest BCUT2D eigenvalue weighted by molar-refractivity contribution is 5.94. The van der Waals surface area contributed by atoms with Crippen molar-refractivity contribution in [3.05, 3.63) is 24.3 Å². The number of carbonyl (C=O) groups excluding carboxylic acids is 1. The first-order valence-corrected chi connectivity index (χ1v) is 9.57. The second-order valence-electron chi connectivity index (χ2n) is 7.03. The van der Waals surface area contributed by atoms with E-state index in [9.17, 15) is 4.79 Å². The molecule has 2 rings (SSSR count). The predicted molar refractivity (Wildman–Crippen MR) is 104 cm³/mol. The molecular weight excluding hydrogens is 314 g/mol. The molecule has 1 fully saturated rings. The summed E-state index contributed by atoms with van der Waals surface area (Å²) in [5.41, 5.74) is 2.09. The second kappa shape index (κ2) is 10.4. The molecule has 1 heterocycles. The van der Waals surface area contributed by atoms with Crippen LogP contribution in [0.15, 0.2) is 24.3 Å². The molecule has 1 aromatic rings. The average molecular weight is 348 g/mol. The number of anilines is 2. The Kier molecular flexibility index (Phi) is 8.22. The number of nitrogens with zero attached hydrogens (tertiary/aromatic N) is 1. The summed E-state index contributed by atoms with van der Waals surface area (Å²) >= 11 is 0. The van der Waals surface area contributed by atoms with E-state index in [-0.39, 0.29) is 18.1 Å². The van der Waals surface area contributed by atoms with Gasteiger partial charge < -0.3 is 20.3 Å². The van der Waals surface area contributed by atoms with Gasteiger partial charge in [-0.2, -0.15) is 0 Å². The van der Waals surface area contributed by atoms with Crippen LogP contribution in [0.2, 0.25) is 0 Å². The van der Waals surface area contributed by atoms with E-state index in [1.165, 1.54) is 24.9 Å². The van der Waals surface area contributed by atoms with Crippen molar-refractivity contribution in [1.29, 1.82) is 0 Å². The van der Waals surface area contributed by atoms with Gasteiger partial charge in [0.05, 0.1) is 12.1 Å². The van der Waals surface area contributed by atoms with E-state index in [4.69, 9.17) is 4.74 Å². The summed E-state index contributed by atoms with van der Waals surface area (Å²) in [4.78, 5) is 14.7. The predicted octanol–water partition coefficient (Wildman–Crippen LogP) is 3.41. The largest absolute Gasteiger partial charge is 0.379 e. The van der Waals surface area contributed by atoms with Crippen LogP contribution < -0.4 is 15.5 Å². The summed E-state index contributed by atoms with van der Waals surface area (Å²) < 4.78 is 5.50. The minimum absolute atomic E-state index is 0.00417. The summed E-state index contributed by atoms with van der Waals surface area (Å²) in [5.74, 6) is -0.00417. The number of hydrogen-bond donors (Lipinski definition) is 2. The summed E-state index contributed by atoms with van der Waals surface area (Å²) in [5, 5.41) is 6.22. The van der Waals surface area contributed by atoms with Crippen molar-refractivity contribution in [2.75, 3.05) is 36.5 Å². The van der Waals surface area contributed by atoms with Crippen molar-refractivity contribution >= 4 is 17.3 Å². The van der Waals surface area contributed by atoms with Crippen molar-refractivity contribution in [3.63, 3.8) is 0 Å². The molecule has 0 radical (unpaired) electrons. The van der Waals surface area contributed by atoms with Crippen LogP contribution in [0, 0.1) is 0 Å². The SMILES string of the molecule is CC(C)OCCCN[C@@H](C)C(=O)Nc1ccc(N2CCCCC2)cc1. The van der Waals surface area contributed by atoms with Crippen molar-refractivity contribution < 1.29 is 9.53 Å². The van der Waals surface area contributed by atoms with Crippen LogP contribution in [0.3, 0.4) is 0 Å². The smallest absolute Gasteiger partial charge is 0.241 e. The van der Waals surface area contributed by atoms with Crippen molar-refractivity contribution in [2.45, 2.75) is 58.6 Å². The second-order valence-corrected chi connectivity index (χ2v) is 7.03. The highest BCUT2D eigenvalue weighted by Crippen LogP contribution is 2.21. The maximum absolute atomic E-state index is 12.3. The molecule has 5 heteroatoms. The third-order valence-electron chi connectivity index (χ3n) is 4.47. The number of carbonyl (C=O) groups is 1. The van der Waals surface area contributed by atoms with Gasteiger partial charge in [-0.25, -0.2) is 0 Å². The fourth-order valence-electron chi connectivity index (χ4n) is 2.96. The molecule has 1 saturated heterocycles. The Balaban J connectivity index is 1.72. The van der Waals surface area contributed by atoms with Crippen LogP contribution in [0.4, 0.5) is 11.4 Å². The standard InChI is InChI=1S/C20H33N3O2/c1-16(2)25-15-7-12-21-17(3)20(24)22-18-8-10-19(11-9-18)23-13-5-4-6-14-23/h8-11,16-17,21H,4-7,12-15H2,1-3H3,(H,22,24)/t17-/m0/s1. The minimum Gasteiger partial charge on any atom is -0.379 e. The fraction of sp³-hybridized carbons (Fsp3) is 0.650. The van der Waals surface area contributed by atoms with Crippen LogP contribution in [0.5, 0.6) is 0 Å². The highest BCUT2D eigenvalue weighted by Gasteiger charge is 2.13. The molecule has 140 valence electrons. The van der Waals surface area contributed by atoms with Crippen LogP contribution in [0.25, 0.3) is 0 Å². The van der Waals surface area contributed by atoms with Gasteiger partial charge in [0.2, 0.25) is 5.91 Å². The fourth-order valence-corrected chi connectivity index (χ4v) is 2.96.